The summed E-state index contributed by atoms with van der Waals surface area (Å²) in [6, 6.07) is 6.21. The Hall–Kier alpha value is -1.70. The number of aromatic amines is 1. The second kappa shape index (κ2) is 6.90. The Labute approximate surface area is 152 Å². The molecule has 0 radical (unpaired) electrons. The molecule has 1 aliphatic heterocycles. The summed E-state index contributed by atoms with van der Waals surface area (Å²) in [5.41, 5.74) is 1.52. The molecule has 25 heavy (non-hydrogen) atoms. The van der Waals surface area contributed by atoms with Gasteiger partial charge in [0.25, 0.3) is 5.56 Å². The summed E-state index contributed by atoms with van der Waals surface area (Å²) in [6.45, 7) is 2.78. The smallest absolute Gasteiger partial charge is 0.260 e. The fourth-order valence-corrected chi connectivity index (χ4v) is 5.11. The monoisotopic (exact) mass is 376 g/mol. The molecule has 0 aliphatic carbocycles. The third kappa shape index (κ3) is 3.36. The Morgan fingerprint density at radius 2 is 2.20 bits per heavy atom. The number of fused-ring (bicyclic) bond motifs is 1. The first-order valence-electron chi connectivity index (χ1n) is 8.15. The standard InChI is InChI=1S/C18H17FN2O2S2/c1-10-14(11-4-6-12(19)7-5-11)15-16(22)20-18(21-17(15)25-10)24-9-13-3-2-8-23-13/h4-7,13H,2-3,8-9H2,1H3,(H,20,21,22)/t13-/m0/s1. The first-order valence-corrected chi connectivity index (χ1v) is 9.96. The van der Waals surface area contributed by atoms with Crippen molar-refractivity contribution in [1.29, 1.82) is 0 Å². The Kier molecular flexibility index (Phi) is 4.62. The van der Waals surface area contributed by atoms with Gasteiger partial charge in [-0.3, -0.25) is 4.79 Å². The van der Waals surface area contributed by atoms with Crippen LogP contribution in [0.4, 0.5) is 4.39 Å². The number of thiophene rings is 1. The summed E-state index contributed by atoms with van der Waals surface area (Å²) in [6.07, 6.45) is 2.40. The van der Waals surface area contributed by atoms with E-state index in [1.54, 1.807) is 12.1 Å². The van der Waals surface area contributed by atoms with Crippen LogP contribution in [0.2, 0.25) is 0 Å². The van der Waals surface area contributed by atoms with E-state index in [2.05, 4.69) is 9.97 Å². The molecule has 1 saturated heterocycles. The second-order valence-corrected chi connectivity index (χ2v) is 8.25. The first kappa shape index (κ1) is 16.8. The number of H-pyrrole nitrogens is 1. The average Bonchev–Trinajstić information content (AvgIpc) is 3.21. The zero-order valence-corrected chi connectivity index (χ0v) is 15.3. The van der Waals surface area contributed by atoms with Crippen LogP contribution in [0, 0.1) is 12.7 Å². The van der Waals surface area contributed by atoms with Crippen molar-refractivity contribution in [2.45, 2.75) is 31.0 Å². The Morgan fingerprint density at radius 3 is 2.92 bits per heavy atom. The molecule has 3 heterocycles. The van der Waals surface area contributed by atoms with E-state index < -0.39 is 0 Å². The van der Waals surface area contributed by atoms with Crippen molar-refractivity contribution in [3.05, 3.63) is 45.3 Å². The number of hydrogen-bond donors (Lipinski definition) is 1. The van der Waals surface area contributed by atoms with Crippen LogP contribution in [-0.4, -0.2) is 28.4 Å². The van der Waals surface area contributed by atoms with E-state index >= 15 is 0 Å². The van der Waals surface area contributed by atoms with Crippen LogP contribution in [0.1, 0.15) is 17.7 Å². The average molecular weight is 376 g/mol. The molecule has 1 aromatic carbocycles. The van der Waals surface area contributed by atoms with Crippen molar-refractivity contribution >= 4 is 33.3 Å². The van der Waals surface area contributed by atoms with Crippen molar-refractivity contribution in [3.63, 3.8) is 0 Å². The summed E-state index contributed by atoms with van der Waals surface area (Å²) in [5, 5.41) is 1.20. The predicted octanol–water partition coefficient (Wildman–Crippen LogP) is 4.37. The predicted molar refractivity (Wildman–Crippen MR) is 100 cm³/mol. The third-order valence-electron chi connectivity index (χ3n) is 4.28. The van der Waals surface area contributed by atoms with E-state index in [0.717, 1.165) is 46.0 Å². The van der Waals surface area contributed by atoms with E-state index in [0.29, 0.717) is 10.5 Å². The lowest BCUT2D eigenvalue weighted by Crippen LogP contribution is -2.12. The Bertz CT molecular complexity index is 960. The molecule has 0 amide bonds. The normalized spacial score (nSPS) is 17.4. The molecule has 4 rings (SSSR count). The topological polar surface area (TPSA) is 55.0 Å². The van der Waals surface area contributed by atoms with Crippen LogP contribution >= 0.6 is 23.1 Å². The number of halogens is 1. The van der Waals surface area contributed by atoms with E-state index in [1.807, 2.05) is 6.92 Å². The van der Waals surface area contributed by atoms with Gasteiger partial charge >= 0.3 is 0 Å². The summed E-state index contributed by atoms with van der Waals surface area (Å²) in [4.78, 5) is 21.9. The lowest BCUT2D eigenvalue weighted by Gasteiger charge is -2.07. The van der Waals surface area contributed by atoms with Gasteiger partial charge in [-0.1, -0.05) is 23.9 Å². The van der Waals surface area contributed by atoms with Crippen molar-refractivity contribution in [1.82, 2.24) is 9.97 Å². The number of ether oxygens (including phenoxy) is 1. The minimum atomic E-state index is -0.291. The summed E-state index contributed by atoms with van der Waals surface area (Å²) in [7, 11) is 0. The van der Waals surface area contributed by atoms with E-state index in [1.165, 1.54) is 35.2 Å². The quantitative estimate of drug-likeness (QED) is 0.543. The van der Waals surface area contributed by atoms with E-state index in [4.69, 9.17) is 4.74 Å². The largest absolute Gasteiger partial charge is 0.377 e. The van der Waals surface area contributed by atoms with Crippen molar-refractivity contribution in [3.8, 4) is 11.1 Å². The van der Waals surface area contributed by atoms with Gasteiger partial charge in [0.05, 0.1) is 11.5 Å². The molecule has 3 aromatic rings. The summed E-state index contributed by atoms with van der Waals surface area (Å²) in [5.74, 6) is 0.504. The molecule has 7 heteroatoms. The molecule has 1 atom stereocenters. The molecule has 130 valence electrons. The number of benzene rings is 1. The number of aryl methyl sites for hydroxylation is 1. The highest BCUT2D eigenvalue weighted by Gasteiger charge is 2.19. The van der Waals surface area contributed by atoms with Gasteiger partial charge in [0.2, 0.25) is 0 Å². The SMILES string of the molecule is Cc1sc2nc(SC[C@@H]3CCCO3)[nH]c(=O)c2c1-c1ccc(F)cc1. The van der Waals surface area contributed by atoms with Crippen LogP contribution in [0.3, 0.4) is 0 Å². The van der Waals surface area contributed by atoms with Crippen molar-refractivity contribution in [2.24, 2.45) is 0 Å². The van der Waals surface area contributed by atoms with Crippen LogP contribution in [-0.2, 0) is 4.74 Å². The molecule has 0 unspecified atom stereocenters. The van der Waals surface area contributed by atoms with Crippen molar-refractivity contribution < 1.29 is 9.13 Å². The fourth-order valence-electron chi connectivity index (χ4n) is 3.08. The molecule has 0 saturated carbocycles. The van der Waals surface area contributed by atoms with Gasteiger partial charge in [0.1, 0.15) is 10.6 Å². The Morgan fingerprint density at radius 1 is 1.40 bits per heavy atom. The third-order valence-corrected chi connectivity index (χ3v) is 6.28. The number of nitrogens with one attached hydrogen (secondary N) is 1. The molecule has 2 aromatic heterocycles. The molecule has 1 fully saturated rings. The second-order valence-electron chi connectivity index (χ2n) is 6.04. The highest BCUT2D eigenvalue weighted by Crippen LogP contribution is 2.36. The molecular formula is C18H17FN2O2S2. The van der Waals surface area contributed by atoms with Gasteiger partial charge in [-0.05, 0) is 37.5 Å². The summed E-state index contributed by atoms with van der Waals surface area (Å²) < 4.78 is 18.8. The molecule has 0 bridgehead atoms. The molecular weight excluding hydrogens is 359 g/mol. The van der Waals surface area contributed by atoms with Gasteiger partial charge in [-0.25, -0.2) is 9.37 Å². The van der Waals surface area contributed by atoms with E-state index in [-0.39, 0.29) is 17.5 Å². The zero-order valence-electron chi connectivity index (χ0n) is 13.7. The van der Waals surface area contributed by atoms with Gasteiger partial charge < -0.3 is 9.72 Å². The molecule has 1 N–H and O–H groups in total. The maximum Gasteiger partial charge on any atom is 0.260 e. The van der Waals surface area contributed by atoms with Crippen LogP contribution in [0.25, 0.3) is 21.3 Å². The minimum Gasteiger partial charge on any atom is -0.377 e. The maximum atomic E-state index is 13.2. The minimum absolute atomic E-state index is 0.150. The molecule has 4 nitrogen and oxygen atoms in total. The first-order chi connectivity index (χ1) is 12.1. The van der Waals surface area contributed by atoms with Gasteiger partial charge in [0, 0.05) is 22.8 Å². The number of aromatic nitrogens is 2. The lowest BCUT2D eigenvalue weighted by molar-refractivity contribution is 0.129. The van der Waals surface area contributed by atoms with E-state index in [9.17, 15) is 9.18 Å². The number of rotatable bonds is 4. The van der Waals surface area contributed by atoms with Gasteiger partial charge in [-0.15, -0.1) is 11.3 Å². The van der Waals surface area contributed by atoms with Crippen LogP contribution in [0.5, 0.6) is 0 Å². The lowest BCUT2D eigenvalue weighted by atomic mass is 10.0. The van der Waals surface area contributed by atoms with Crippen LogP contribution in [0.15, 0.2) is 34.2 Å². The highest BCUT2D eigenvalue weighted by atomic mass is 32.2. The molecule has 0 spiro atoms. The number of thioether (sulfide) groups is 1. The number of hydrogen-bond acceptors (Lipinski definition) is 5. The zero-order chi connectivity index (χ0) is 17.4. The Balaban J connectivity index is 1.70. The van der Waals surface area contributed by atoms with Crippen LogP contribution < -0.4 is 5.56 Å². The summed E-state index contributed by atoms with van der Waals surface area (Å²) >= 11 is 3.02. The molecule has 1 aliphatic rings. The number of nitrogens with zero attached hydrogens (tertiary/aromatic N) is 1. The fraction of sp³-hybridized carbons (Fsp3) is 0.333. The van der Waals surface area contributed by atoms with Crippen molar-refractivity contribution in [2.75, 3.05) is 12.4 Å². The maximum absolute atomic E-state index is 13.2. The highest BCUT2D eigenvalue weighted by molar-refractivity contribution is 7.99. The van der Waals surface area contributed by atoms with Gasteiger partial charge in [0.15, 0.2) is 5.16 Å². The van der Waals surface area contributed by atoms with Gasteiger partial charge in [-0.2, -0.15) is 0 Å².